The van der Waals surface area contributed by atoms with E-state index in [4.69, 9.17) is 0 Å². The lowest BCUT2D eigenvalue weighted by Gasteiger charge is -2.42. The molecule has 0 spiro atoms. The smallest absolute Gasteiger partial charge is 0.0387 e. The van der Waals surface area contributed by atoms with Crippen molar-refractivity contribution in [3.05, 3.63) is 29.8 Å². The number of nitrogens with one attached hydrogen (secondary N) is 1. The molecule has 0 amide bonds. The van der Waals surface area contributed by atoms with Crippen LogP contribution in [-0.2, 0) is 6.42 Å². The van der Waals surface area contributed by atoms with E-state index in [1.54, 1.807) is 0 Å². The first-order valence-corrected chi connectivity index (χ1v) is 7.70. The van der Waals surface area contributed by atoms with E-state index in [1.165, 1.54) is 24.1 Å². The predicted octanol–water partition coefficient (Wildman–Crippen LogP) is 3.46. The van der Waals surface area contributed by atoms with Gasteiger partial charge in [-0.2, -0.15) is 0 Å². The summed E-state index contributed by atoms with van der Waals surface area (Å²) in [5.74, 6) is 0.689. The van der Waals surface area contributed by atoms with Gasteiger partial charge in [0.15, 0.2) is 0 Å². The molecule has 1 aliphatic rings. The number of benzene rings is 1. The molecule has 1 N–H and O–H groups in total. The van der Waals surface area contributed by atoms with E-state index < -0.39 is 0 Å². The van der Waals surface area contributed by atoms with Crippen LogP contribution in [0.5, 0.6) is 0 Å². The van der Waals surface area contributed by atoms with Crippen molar-refractivity contribution in [3.8, 4) is 0 Å². The summed E-state index contributed by atoms with van der Waals surface area (Å²) >= 11 is 0. The summed E-state index contributed by atoms with van der Waals surface area (Å²) in [7, 11) is 0. The van der Waals surface area contributed by atoms with Gasteiger partial charge in [0.2, 0.25) is 0 Å². The highest BCUT2D eigenvalue weighted by Crippen LogP contribution is 2.22. The zero-order valence-electron chi connectivity index (χ0n) is 12.8. The van der Waals surface area contributed by atoms with Crippen LogP contribution in [0.15, 0.2) is 24.3 Å². The first kappa shape index (κ1) is 14.4. The largest absolute Gasteiger partial charge is 0.366 e. The normalized spacial score (nSPS) is 23.9. The number of hydrogen-bond acceptors (Lipinski definition) is 2. The van der Waals surface area contributed by atoms with Crippen molar-refractivity contribution in [1.29, 1.82) is 0 Å². The van der Waals surface area contributed by atoms with Crippen molar-refractivity contribution >= 4 is 5.69 Å². The molecule has 0 aromatic heterocycles. The summed E-state index contributed by atoms with van der Waals surface area (Å²) in [5.41, 5.74) is 2.83. The second kappa shape index (κ2) is 6.42. The summed E-state index contributed by atoms with van der Waals surface area (Å²) in [6.45, 7) is 11.3. The minimum atomic E-state index is 0.576. The third-order valence-electron chi connectivity index (χ3n) is 4.21. The average molecular weight is 260 g/mol. The molecule has 19 heavy (non-hydrogen) atoms. The van der Waals surface area contributed by atoms with Crippen molar-refractivity contribution < 1.29 is 0 Å². The van der Waals surface area contributed by atoms with Crippen LogP contribution < -0.4 is 10.2 Å². The summed E-state index contributed by atoms with van der Waals surface area (Å²) in [5, 5.41) is 3.66. The second-order valence-electron chi connectivity index (χ2n) is 6.18. The molecule has 2 atom stereocenters. The molecule has 106 valence electrons. The maximum Gasteiger partial charge on any atom is 0.0387 e. The molecule has 1 aromatic carbocycles. The van der Waals surface area contributed by atoms with Gasteiger partial charge in [-0.25, -0.2) is 0 Å². The Balaban J connectivity index is 2.09. The third-order valence-corrected chi connectivity index (χ3v) is 4.21. The van der Waals surface area contributed by atoms with Gasteiger partial charge in [-0.3, -0.25) is 0 Å². The molecule has 2 unspecified atom stereocenters. The number of nitrogens with zero attached hydrogens (tertiary/aromatic N) is 1. The summed E-state index contributed by atoms with van der Waals surface area (Å²) in [6, 6.07) is 10.4. The van der Waals surface area contributed by atoms with E-state index in [9.17, 15) is 0 Å². The summed E-state index contributed by atoms with van der Waals surface area (Å²) in [4.78, 5) is 2.55. The summed E-state index contributed by atoms with van der Waals surface area (Å²) in [6.07, 6.45) is 2.41. The first-order valence-electron chi connectivity index (χ1n) is 7.70. The molecule has 1 fully saturated rings. The first-order chi connectivity index (χ1) is 9.11. The Morgan fingerprint density at radius 2 is 1.95 bits per heavy atom. The van der Waals surface area contributed by atoms with Gasteiger partial charge < -0.3 is 10.2 Å². The van der Waals surface area contributed by atoms with Gasteiger partial charge in [0.25, 0.3) is 0 Å². The fraction of sp³-hybridized carbons (Fsp3) is 0.647. The number of anilines is 1. The molecule has 0 bridgehead atoms. The van der Waals surface area contributed by atoms with Crippen molar-refractivity contribution in [2.45, 2.75) is 52.6 Å². The van der Waals surface area contributed by atoms with Crippen LogP contribution in [0.2, 0.25) is 0 Å². The van der Waals surface area contributed by atoms with E-state index in [0.717, 1.165) is 13.1 Å². The van der Waals surface area contributed by atoms with E-state index in [0.29, 0.717) is 18.0 Å². The zero-order valence-corrected chi connectivity index (χ0v) is 12.8. The molecule has 0 radical (unpaired) electrons. The lowest BCUT2D eigenvalue weighted by Crippen LogP contribution is -2.57. The Labute approximate surface area is 118 Å². The Kier molecular flexibility index (Phi) is 4.87. The third kappa shape index (κ3) is 3.50. The number of aryl methyl sites for hydroxylation is 1. The van der Waals surface area contributed by atoms with Crippen molar-refractivity contribution in [2.24, 2.45) is 5.92 Å². The van der Waals surface area contributed by atoms with Crippen LogP contribution in [0.3, 0.4) is 0 Å². The predicted molar refractivity (Wildman–Crippen MR) is 83.9 cm³/mol. The Morgan fingerprint density at radius 1 is 1.26 bits per heavy atom. The van der Waals surface area contributed by atoms with Crippen LogP contribution in [0.4, 0.5) is 5.69 Å². The lowest BCUT2D eigenvalue weighted by atomic mass is 9.99. The summed E-state index contributed by atoms with van der Waals surface area (Å²) < 4.78 is 0. The standard InChI is InChI=1S/C17H28N2/c1-5-6-15-7-9-16(10-8-15)19-12-17(13(2)3)18-11-14(19)4/h7-10,13-14,17-18H,5-6,11-12H2,1-4H3. The second-order valence-corrected chi connectivity index (χ2v) is 6.18. The monoisotopic (exact) mass is 260 g/mol. The lowest BCUT2D eigenvalue weighted by molar-refractivity contribution is 0.337. The van der Waals surface area contributed by atoms with Crippen LogP contribution in [0.25, 0.3) is 0 Å². The minimum absolute atomic E-state index is 0.576. The topological polar surface area (TPSA) is 15.3 Å². The molecule has 1 aromatic rings. The fourth-order valence-electron chi connectivity index (χ4n) is 2.84. The van der Waals surface area contributed by atoms with Gasteiger partial charge in [0, 0.05) is 30.9 Å². The Morgan fingerprint density at radius 3 is 2.53 bits per heavy atom. The van der Waals surface area contributed by atoms with Crippen LogP contribution >= 0.6 is 0 Å². The van der Waals surface area contributed by atoms with E-state index >= 15 is 0 Å². The highest BCUT2D eigenvalue weighted by atomic mass is 15.2. The van der Waals surface area contributed by atoms with Crippen molar-refractivity contribution in [1.82, 2.24) is 5.32 Å². The molecular weight excluding hydrogens is 232 g/mol. The highest BCUT2D eigenvalue weighted by Gasteiger charge is 2.26. The molecule has 1 aliphatic heterocycles. The minimum Gasteiger partial charge on any atom is -0.366 e. The maximum absolute atomic E-state index is 3.66. The average Bonchev–Trinajstić information content (AvgIpc) is 2.40. The Bertz CT molecular complexity index is 383. The molecule has 2 heteroatoms. The molecular formula is C17H28N2. The quantitative estimate of drug-likeness (QED) is 0.892. The zero-order chi connectivity index (χ0) is 13.8. The highest BCUT2D eigenvalue weighted by molar-refractivity contribution is 5.49. The van der Waals surface area contributed by atoms with Gasteiger partial charge in [-0.05, 0) is 37.0 Å². The van der Waals surface area contributed by atoms with Gasteiger partial charge in [0.05, 0.1) is 0 Å². The number of rotatable bonds is 4. The molecule has 0 aliphatic carbocycles. The molecule has 0 saturated carbocycles. The van der Waals surface area contributed by atoms with E-state index in [2.05, 4.69) is 62.2 Å². The van der Waals surface area contributed by atoms with Crippen molar-refractivity contribution in [3.63, 3.8) is 0 Å². The number of hydrogen-bond donors (Lipinski definition) is 1. The maximum atomic E-state index is 3.66. The van der Waals surface area contributed by atoms with E-state index in [1.807, 2.05) is 0 Å². The van der Waals surface area contributed by atoms with Gasteiger partial charge >= 0.3 is 0 Å². The van der Waals surface area contributed by atoms with Crippen LogP contribution in [0, 0.1) is 5.92 Å². The van der Waals surface area contributed by atoms with Crippen LogP contribution in [-0.4, -0.2) is 25.2 Å². The molecule has 2 nitrogen and oxygen atoms in total. The number of piperazine rings is 1. The van der Waals surface area contributed by atoms with Crippen LogP contribution in [0.1, 0.15) is 39.7 Å². The molecule has 1 heterocycles. The Hall–Kier alpha value is -1.02. The van der Waals surface area contributed by atoms with Gasteiger partial charge in [0.1, 0.15) is 0 Å². The van der Waals surface area contributed by atoms with Crippen molar-refractivity contribution in [2.75, 3.05) is 18.0 Å². The SMILES string of the molecule is CCCc1ccc(N2CC(C(C)C)NCC2C)cc1. The fourth-order valence-corrected chi connectivity index (χ4v) is 2.84. The van der Waals surface area contributed by atoms with Gasteiger partial charge in [-0.1, -0.05) is 39.3 Å². The molecule has 2 rings (SSSR count). The van der Waals surface area contributed by atoms with Gasteiger partial charge in [-0.15, -0.1) is 0 Å². The van der Waals surface area contributed by atoms with E-state index in [-0.39, 0.29) is 0 Å². The molecule has 1 saturated heterocycles.